The van der Waals surface area contributed by atoms with Gasteiger partial charge in [-0.05, 0) is 38.5 Å². The van der Waals surface area contributed by atoms with E-state index in [0.717, 1.165) is 34.7 Å². The number of rotatable bonds is 4. The molecule has 0 amide bonds. The summed E-state index contributed by atoms with van der Waals surface area (Å²) in [6, 6.07) is 6.28. The summed E-state index contributed by atoms with van der Waals surface area (Å²) in [5.41, 5.74) is 4.22. The van der Waals surface area contributed by atoms with E-state index >= 15 is 0 Å². The Morgan fingerprint density at radius 3 is 2.67 bits per heavy atom. The molecule has 2 heterocycles. The van der Waals surface area contributed by atoms with Crippen LogP contribution in [0.1, 0.15) is 28.7 Å². The van der Waals surface area contributed by atoms with E-state index in [0.29, 0.717) is 18.3 Å². The number of nitrogens with zero attached hydrogens (tertiary/aromatic N) is 3. The smallest absolute Gasteiger partial charge is 0.214 e. The lowest BCUT2D eigenvalue weighted by molar-refractivity contribution is 0.456. The van der Waals surface area contributed by atoms with Gasteiger partial charge in [0.2, 0.25) is 5.89 Å². The third kappa shape index (κ3) is 2.68. The highest BCUT2D eigenvalue weighted by atomic mass is 35.5. The van der Waals surface area contributed by atoms with E-state index < -0.39 is 0 Å². The molecule has 0 N–H and O–H groups in total. The fourth-order valence-corrected chi connectivity index (χ4v) is 2.65. The third-order valence-electron chi connectivity index (χ3n) is 3.67. The highest BCUT2D eigenvalue weighted by Crippen LogP contribution is 2.20. The summed E-state index contributed by atoms with van der Waals surface area (Å²) in [4.78, 5) is 9.16. The van der Waals surface area contributed by atoms with Gasteiger partial charge >= 0.3 is 0 Å². The number of aryl methyl sites for hydroxylation is 4. The predicted molar refractivity (Wildman–Crippen MR) is 84.0 cm³/mol. The molecular formula is C16H18ClN3O. The Bertz CT molecular complexity index is 769. The normalized spacial score (nSPS) is 11.4. The van der Waals surface area contributed by atoms with Crippen molar-refractivity contribution in [3.63, 3.8) is 0 Å². The molecule has 0 atom stereocenters. The van der Waals surface area contributed by atoms with Gasteiger partial charge < -0.3 is 8.98 Å². The first-order valence-electron chi connectivity index (χ1n) is 7.03. The molecule has 5 heteroatoms. The summed E-state index contributed by atoms with van der Waals surface area (Å²) in [5.74, 6) is 3.09. The summed E-state index contributed by atoms with van der Waals surface area (Å²) in [7, 11) is 0. The molecule has 3 aromatic rings. The highest BCUT2D eigenvalue weighted by Gasteiger charge is 2.14. The van der Waals surface area contributed by atoms with Crippen LogP contribution in [0.4, 0.5) is 0 Å². The van der Waals surface area contributed by atoms with Gasteiger partial charge in [0.1, 0.15) is 18.1 Å². The van der Waals surface area contributed by atoms with Crippen LogP contribution < -0.4 is 0 Å². The Balaban J connectivity index is 2.08. The number of hydrogen-bond donors (Lipinski definition) is 0. The molecule has 0 aliphatic carbocycles. The summed E-state index contributed by atoms with van der Waals surface area (Å²) in [6.07, 6.45) is 0.730. The largest absolute Gasteiger partial charge is 0.444 e. The van der Waals surface area contributed by atoms with E-state index in [2.05, 4.69) is 34.7 Å². The number of fused-ring (bicyclic) bond motifs is 1. The number of imidazole rings is 1. The van der Waals surface area contributed by atoms with Crippen LogP contribution in [0.2, 0.25) is 0 Å². The minimum absolute atomic E-state index is 0.548. The van der Waals surface area contributed by atoms with E-state index in [4.69, 9.17) is 21.0 Å². The van der Waals surface area contributed by atoms with Gasteiger partial charge in [0, 0.05) is 12.3 Å². The molecule has 0 radical (unpaired) electrons. The number of hydrogen-bond acceptors (Lipinski definition) is 3. The van der Waals surface area contributed by atoms with Crippen LogP contribution in [0.3, 0.4) is 0 Å². The lowest BCUT2D eigenvalue weighted by Crippen LogP contribution is -2.06. The molecule has 0 aliphatic rings. The van der Waals surface area contributed by atoms with Crippen molar-refractivity contribution in [2.45, 2.75) is 33.7 Å². The van der Waals surface area contributed by atoms with Crippen LogP contribution in [-0.4, -0.2) is 20.4 Å². The molecule has 4 nitrogen and oxygen atoms in total. The maximum atomic E-state index is 5.91. The molecule has 1 aromatic carbocycles. The molecule has 2 aromatic heterocycles. The second-order valence-corrected chi connectivity index (χ2v) is 5.67. The van der Waals surface area contributed by atoms with Gasteiger partial charge in [0.25, 0.3) is 0 Å². The molecule has 0 unspecified atom stereocenters. The zero-order valence-electron chi connectivity index (χ0n) is 12.5. The van der Waals surface area contributed by atoms with Crippen LogP contribution in [0, 0.1) is 20.8 Å². The molecule has 0 bridgehead atoms. The number of aromatic nitrogens is 3. The second-order valence-electron chi connectivity index (χ2n) is 5.29. The molecule has 0 saturated carbocycles. The standard InChI is InChI=1S/C16H18ClN3O/c1-10-4-5-14-13(8-10)19-15(6-7-17)20(14)9-16-18-11(2)12(3)21-16/h4-5,8H,6-7,9H2,1-3H3. The highest BCUT2D eigenvalue weighted by molar-refractivity contribution is 6.17. The Morgan fingerprint density at radius 2 is 2.00 bits per heavy atom. The van der Waals surface area contributed by atoms with E-state index in [1.165, 1.54) is 5.56 Å². The van der Waals surface area contributed by atoms with E-state index in [1.807, 2.05) is 13.8 Å². The van der Waals surface area contributed by atoms with Gasteiger partial charge in [-0.3, -0.25) is 0 Å². The minimum Gasteiger partial charge on any atom is -0.444 e. The van der Waals surface area contributed by atoms with Crippen LogP contribution in [0.15, 0.2) is 22.6 Å². The zero-order chi connectivity index (χ0) is 15.0. The van der Waals surface area contributed by atoms with Gasteiger partial charge in [-0.2, -0.15) is 0 Å². The molecule has 0 saturated heterocycles. The quantitative estimate of drug-likeness (QED) is 0.689. The van der Waals surface area contributed by atoms with Gasteiger partial charge in [-0.1, -0.05) is 6.07 Å². The molecule has 3 rings (SSSR count). The topological polar surface area (TPSA) is 43.9 Å². The SMILES string of the molecule is Cc1ccc2c(c1)nc(CCCl)n2Cc1nc(C)c(C)o1. The first-order chi connectivity index (χ1) is 10.1. The molecule has 0 spiro atoms. The number of halogens is 1. The van der Waals surface area contributed by atoms with Crippen molar-refractivity contribution < 1.29 is 4.42 Å². The number of alkyl halides is 1. The molecular weight excluding hydrogens is 286 g/mol. The van der Waals surface area contributed by atoms with Gasteiger partial charge in [0.05, 0.1) is 16.7 Å². The van der Waals surface area contributed by atoms with Crippen LogP contribution >= 0.6 is 11.6 Å². The molecule has 0 fully saturated rings. The summed E-state index contributed by atoms with van der Waals surface area (Å²) >= 11 is 5.91. The zero-order valence-corrected chi connectivity index (χ0v) is 13.2. The fraction of sp³-hybridized carbons (Fsp3) is 0.375. The number of benzene rings is 1. The van der Waals surface area contributed by atoms with Crippen LogP contribution in [-0.2, 0) is 13.0 Å². The molecule has 0 aliphatic heterocycles. The van der Waals surface area contributed by atoms with Crippen LogP contribution in [0.25, 0.3) is 11.0 Å². The van der Waals surface area contributed by atoms with Crippen molar-refractivity contribution in [3.8, 4) is 0 Å². The minimum atomic E-state index is 0.548. The van der Waals surface area contributed by atoms with Crippen molar-refractivity contribution in [2.75, 3.05) is 5.88 Å². The summed E-state index contributed by atoms with van der Waals surface area (Å²) in [5, 5.41) is 0. The van der Waals surface area contributed by atoms with E-state index in [9.17, 15) is 0 Å². The van der Waals surface area contributed by atoms with E-state index in [-0.39, 0.29) is 0 Å². The lowest BCUT2D eigenvalue weighted by atomic mass is 10.2. The van der Waals surface area contributed by atoms with Crippen LogP contribution in [0.5, 0.6) is 0 Å². The summed E-state index contributed by atoms with van der Waals surface area (Å²) in [6.45, 7) is 6.54. The van der Waals surface area contributed by atoms with Crippen molar-refractivity contribution >= 4 is 22.6 Å². The fourth-order valence-electron chi connectivity index (χ4n) is 2.48. The third-order valence-corrected chi connectivity index (χ3v) is 3.86. The van der Waals surface area contributed by atoms with Crippen molar-refractivity contribution in [3.05, 3.63) is 46.9 Å². The van der Waals surface area contributed by atoms with Gasteiger partial charge in [0.15, 0.2) is 0 Å². The second kappa shape index (κ2) is 5.53. The van der Waals surface area contributed by atoms with Gasteiger partial charge in [-0.15, -0.1) is 11.6 Å². The Labute approximate surface area is 128 Å². The van der Waals surface area contributed by atoms with Crippen molar-refractivity contribution in [1.29, 1.82) is 0 Å². The average Bonchev–Trinajstić information content (AvgIpc) is 2.92. The van der Waals surface area contributed by atoms with Gasteiger partial charge in [-0.25, -0.2) is 9.97 Å². The first kappa shape index (κ1) is 14.1. The van der Waals surface area contributed by atoms with Crippen molar-refractivity contribution in [1.82, 2.24) is 14.5 Å². The predicted octanol–water partition coefficient (Wildman–Crippen LogP) is 3.78. The Hall–Kier alpha value is -1.81. The average molecular weight is 304 g/mol. The monoisotopic (exact) mass is 303 g/mol. The van der Waals surface area contributed by atoms with E-state index in [1.54, 1.807) is 0 Å². The van der Waals surface area contributed by atoms with Crippen molar-refractivity contribution in [2.24, 2.45) is 0 Å². The lowest BCUT2D eigenvalue weighted by Gasteiger charge is -2.05. The summed E-state index contributed by atoms with van der Waals surface area (Å²) < 4.78 is 7.84. The molecule has 110 valence electrons. The maximum Gasteiger partial charge on any atom is 0.214 e. The Kier molecular flexibility index (Phi) is 3.72. The maximum absolute atomic E-state index is 5.91. The first-order valence-corrected chi connectivity index (χ1v) is 7.56. The Morgan fingerprint density at radius 1 is 1.19 bits per heavy atom. The molecule has 21 heavy (non-hydrogen) atoms. The number of oxazole rings is 1.